The van der Waals surface area contributed by atoms with Crippen LogP contribution in [0.3, 0.4) is 0 Å². The van der Waals surface area contributed by atoms with Gasteiger partial charge in [0.25, 0.3) is 5.91 Å². The normalized spacial score (nSPS) is 14.0. The maximum atomic E-state index is 13.3. The Labute approximate surface area is 122 Å². The lowest BCUT2D eigenvalue weighted by Gasteiger charge is -2.31. The molecule has 2 nitrogen and oxygen atoms in total. The fourth-order valence-corrected chi connectivity index (χ4v) is 2.84. The van der Waals surface area contributed by atoms with Gasteiger partial charge in [0.15, 0.2) is 11.6 Å². The maximum absolute atomic E-state index is 13.3. The molecule has 2 aromatic rings. The lowest BCUT2D eigenvalue weighted by molar-refractivity contribution is 0.0984. The first kappa shape index (κ1) is 13.7. The molecule has 1 amide bonds. The van der Waals surface area contributed by atoms with Crippen LogP contribution >= 0.6 is 0 Å². The molecule has 0 N–H and O–H groups in total. The van der Waals surface area contributed by atoms with E-state index in [9.17, 15) is 13.6 Å². The average molecular weight is 287 g/mol. The number of para-hydroxylation sites is 1. The van der Waals surface area contributed by atoms with Gasteiger partial charge < -0.3 is 4.90 Å². The monoisotopic (exact) mass is 287 g/mol. The van der Waals surface area contributed by atoms with Gasteiger partial charge in [0.05, 0.1) is 5.69 Å². The number of fused-ring (bicyclic) bond motifs is 1. The van der Waals surface area contributed by atoms with Gasteiger partial charge in [-0.2, -0.15) is 0 Å². The summed E-state index contributed by atoms with van der Waals surface area (Å²) in [7, 11) is 0. The van der Waals surface area contributed by atoms with Gasteiger partial charge in [0.1, 0.15) is 0 Å². The molecule has 0 aromatic heterocycles. The van der Waals surface area contributed by atoms with E-state index in [1.54, 1.807) is 4.90 Å². The van der Waals surface area contributed by atoms with Crippen LogP contribution in [0.15, 0.2) is 36.4 Å². The maximum Gasteiger partial charge on any atom is 0.258 e. The van der Waals surface area contributed by atoms with E-state index in [2.05, 4.69) is 0 Å². The van der Waals surface area contributed by atoms with Crippen LogP contribution < -0.4 is 4.90 Å². The Balaban J connectivity index is 2.02. The van der Waals surface area contributed by atoms with E-state index >= 15 is 0 Å². The molecule has 0 unspecified atom stereocenters. The van der Waals surface area contributed by atoms with Gasteiger partial charge in [-0.05, 0) is 49.1 Å². The fraction of sp³-hybridized carbons (Fsp3) is 0.235. The summed E-state index contributed by atoms with van der Waals surface area (Å²) in [5.74, 6) is -2.23. The van der Waals surface area contributed by atoms with Crippen molar-refractivity contribution >= 4 is 11.6 Å². The van der Waals surface area contributed by atoms with E-state index in [-0.39, 0.29) is 11.5 Å². The Bertz CT molecular complexity index is 712. The van der Waals surface area contributed by atoms with Crippen molar-refractivity contribution in [3.05, 3.63) is 64.7 Å². The number of nitrogens with zero attached hydrogens (tertiary/aromatic N) is 1. The number of hydrogen-bond donors (Lipinski definition) is 0. The van der Waals surface area contributed by atoms with Crippen LogP contribution in [0.4, 0.5) is 14.5 Å². The minimum atomic E-state index is -0.997. The Kier molecular flexibility index (Phi) is 3.45. The summed E-state index contributed by atoms with van der Waals surface area (Å²) in [6.45, 7) is 2.55. The summed E-state index contributed by atoms with van der Waals surface area (Å²) in [5.41, 5.74) is 3.21. The SMILES string of the molecule is Cc1cccc2c1N(C(=O)c1ccc(F)c(F)c1)CCC2. The van der Waals surface area contributed by atoms with E-state index in [0.717, 1.165) is 41.8 Å². The minimum Gasteiger partial charge on any atom is -0.308 e. The number of anilines is 1. The molecule has 0 bridgehead atoms. The highest BCUT2D eigenvalue weighted by atomic mass is 19.2. The molecular weight excluding hydrogens is 272 g/mol. The third kappa shape index (κ3) is 2.42. The highest BCUT2D eigenvalue weighted by Gasteiger charge is 2.25. The largest absolute Gasteiger partial charge is 0.308 e. The Hall–Kier alpha value is -2.23. The van der Waals surface area contributed by atoms with Crippen molar-refractivity contribution in [3.63, 3.8) is 0 Å². The molecule has 0 spiro atoms. The molecule has 0 atom stereocenters. The molecule has 1 aliphatic rings. The van der Waals surface area contributed by atoms with E-state index in [0.29, 0.717) is 6.54 Å². The molecule has 1 aliphatic heterocycles. The first-order chi connectivity index (χ1) is 10.1. The molecule has 108 valence electrons. The Morgan fingerprint density at radius 2 is 1.95 bits per heavy atom. The molecular formula is C17H15F2NO. The second-order valence-electron chi connectivity index (χ2n) is 5.27. The van der Waals surface area contributed by atoms with Gasteiger partial charge >= 0.3 is 0 Å². The van der Waals surface area contributed by atoms with Gasteiger partial charge in [-0.15, -0.1) is 0 Å². The van der Waals surface area contributed by atoms with Crippen LogP contribution in [0.2, 0.25) is 0 Å². The lowest BCUT2D eigenvalue weighted by Crippen LogP contribution is -2.36. The quantitative estimate of drug-likeness (QED) is 0.779. The van der Waals surface area contributed by atoms with Gasteiger partial charge in [-0.25, -0.2) is 8.78 Å². The van der Waals surface area contributed by atoms with Crippen LogP contribution in [0.5, 0.6) is 0 Å². The second kappa shape index (κ2) is 5.28. The van der Waals surface area contributed by atoms with E-state index in [1.807, 2.05) is 25.1 Å². The Morgan fingerprint density at radius 1 is 1.14 bits per heavy atom. The van der Waals surface area contributed by atoms with Crippen LogP contribution in [0.25, 0.3) is 0 Å². The molecule has 4 heteroatoms. The Morgan fingerprint density at radius 3 is 2.71 bits per heavy atom. The second-order valence-corrected chi connectivity index (χ2v) is 5.27. The number of aryl methyl sites for hydroxylation is 2. The number of amides is 1. The summed E-state index contributed by atoms with van der Waals surface area (Å²) in [6.07, 6.45) is 1.80. The third-order valence-electron chi connectivity index (χ3n) is 3.83. The minimum absolute atomic E-state index is 0.171. The van der Waals surface area contributed by atoms with Crippen molar-refractivity contribution in [2.24, 2.45) is 0 Å². The average Bonchev–Trinajstić information content (AvgIpc) is 2.49. The lowest BCUT2D eigenvalue weighted by atomic mass is 9.97. The number of hydrogen-bond acceptors (Lipinski definition) is 1. The van der Waals surface area contributed by atoms with E-state index < -0.39 is 11.6 Å². The number of halogens is 2. The van der Waals surface area contributed by atoms with Crippen molar-refractivity contribution in [2.75, 3.05) is 11.4 Å². The van der Waals surface area contributed by atoms with Crippen LogP contribution in [-0.2, 0) is 6.42 Å². The van der Waals surface area contributed by atoms with Gasteiger partial charge in [-0.1, -0.05) is 18.2 Å². The summed E-state index contributed by atoms with van der Waals surface area (Å²) < 4.78 is 26.3. The molecule has 21 heavy (non-hydrogen) atoms. The van der Waals surface area contributed by atoms with E-state index in [4.69, 9.17) is 0 Å². The molecule has 0 saturated carbocycles. The highest BCUT2D eigenvalue weighted by molar-refractivity contribution is 6.07. The zero-order valence-electron chi connectivity index (χ0n) is 11.7. The zero-order valence-corrected chi connectivity index (χ0v) is 11.7. The predicted octanol–water partition coefficient (Wildman–Crippen LogP) is 3.87. The van der Waals surface area contributed by atoms with Crippen molar-refractivity contribution in [1.82, 2.24) is 0 Å². The van der Waals surface area contributed by atoms with Crippen molar-refractivity contribution in [3.8, 4) is 0 Å². The predicted molar refractivity (Wildman–Crippen MR) is 77.5 cm³/mol. The fourth-order valence-electron chi connectivity index (χ4n) is 2.84. The van der Waals surface area contributed by atoms with Crippen LogP contribution in [-0.4, -0.2) is 12.5 Å². The summed E-state index contributed by atoms with van der Waals surface area (Å²) in [5, 5.41) is 0. The summed E-state index contributed by atoms with van der Waals surface area (Å²) >= 11 is 0. The number of rotatable bonds is 1. The van der Waals surface area contributed by atoms with Gasteiger partial charge in [0.2, 0.25) is 0 Å². The first-order valence-electron chi connectivity index (χ1n) is 6.93. The molecule has 0 aliphatic carbocycles. The van der Waals surface area contributed by atoms with Crippen LogP contribution in [0, 0.1) is 18.6 Å². The molecule has 2 aromatic carbocycles. The molecule has 0 saturated heterocycles. The van der Waals surface area contributed by atoms with Crippen LogP contribution in [0.1, 0.15) is 27.9 Å². The third-order valence-corrected chi connectivity index (χ3v) is 3.83. The van der Waals surface area contributed by atoms with Crippen molar-refractivity contribution in [1.29, 1.82) is 0 Å². The molecule has 0 fully saturated rings. The number of benzene rings is 2. The topological polar surface area (TPSA) is 20.3 Å². The molecule has 0 radical (unpaired) electrons. The van der Waals surface area contributed by atoms with Gasteiger partial charge in [0, 0.05) is 12.1 Å². The summed E-state index contributed by atoms with van der Waals surface area (Å²) in [6, 6.07) is 9.21. The number of carbonyl (C=O) groups excluding carboxylic acids is 1. The summed E-state index contributed by atoms with van der Waals surface area (Å²) in [4.78, 5) is 14.3. The molecule has 1 heterocycles. The first-order valence-corrected chi connectivity index (χ1v) is 6.93. The smallest absolute Gasteiger partial charge is 0.258 e. The molecule has 3 rings (SSSR count). The van der Waals surface area contributed by atoms with Gasteiger partial charge in [-0.3, -0.25) is 4.79 Å². The van der Waals surface area contributed by atoms with Crippen molar-refractivity contribution < 1.29 is 13.6 Å². The highest BCUT2D eigenvalue weighted by Crippen LogP contribution is 2.31. The standard InChI is InChI=1S/C17H15F2NO/c1-11-4-2-5-12-6-3-9-20(16(11)12)17(21)13-7-8-14(18)15(19)10-13/h2,4-5,7-8,10H,3,6,9H2,1H3. The van der Waals surface area contributed by atoms with Crippen molar-refractivity contribution in [2.45, 2.75) is 19.8 Å². The van der Waals surface area contributed by atoms with E-state index in [1.165, 1.54) is 6.07 Å². The zero-order chi connectivity index (χ0) is 15.0. The number of carbonyl (C=O) groups is 1.